The molecular formula is C16H20ClF3N2O. The first-order valence-corrected chi connectivity index (χ1v) is 8.19. The average molecular weight is 349 g/mol. The van der Waals surface area contributed by atoms with Gasteiger partial charge in [0.25, 0.3) is 6.43 Å². The van der Waals surface area contributed by atoms with Crippen LogP contribution >= 0.6 is 11.6 Å². The summed E-state index contributed by atoms with van der Waals surface area (Å²) in [5.41, 5.74) is -1.22. The van der Waals surface area contributed by atoms with Crippen molar-refractivity contribution >= 4 is 17.5 Å². The molecule has 2 heterocycles. The molecule has 1 saturated heterocycles. The summed E-state index contributed by atoms with van der Waals surface area (Å²) >= 11 is 5.60. The zero-order chi connectivity index (χ0) is 17.0. The van der Waals surface area contributed by atoms with Crippen molar-refractivity contribution in [2.24, 2.45) is 5.41 Å². The van der Waals surface area contributed by atoms with Crippen LogP contribution in [0.2, 0.25) is 0 Å². The number of alkyl halides is 3. The van der Waals surface area contributed by atoms with Gasteiger partial charge in [-0.2, -0.15) is 0 Å². The number of amides is 1. The molecule has 0 aromatic carbocycles. The number of halogens is 4. The normalized spacial score (nSPS) is 20.8. The van der Waals surface area contributed by atoms with Gasteiger partial charge in [0, 0.05) is 18.6 Å². The minimum atomic E-state index is -2.77. The predicted octanol–water partition coefficient (Wildman–Crippen LogP) is 4.17. The number of pyridine rings is 1. The molecule has 0 aliphatic carbocycles. The molecule has 0 radical (unpaired) electrons. The predicted molar refractivity (Wildman–Crippen MR) is 81.9 cm³/mol. The van der Waals surface area contributed by atoms with Crippen LogP contribution in [0.1, 0.15) is 44.2 Å². The van der Waals surface area contributed by atoms with Gasteiger partial charge < -0.3 is 4.90 Å². The lowest BCUT2D eigenvalue weighted by Crippen LogP contribution is -2.46. The van der Waals surface area contributed by atoms with Gasteiger partial charge in [0.1, 0.15) is 11.2 Å². The van der Waals surface area contributed by atoms with Crippen LogP contribution in [0, 0.1) is 11.2 Å². The molecule has 23 heavy (non-hydrogen) atoms. The van der Waals surface area contributed by atoms with E-state index < -0.39 is 29.6 Å². The second-order valence-corrected chi connectivity index (χ2v) is 6.48. The van der Waals surface area contributed by atoms with Crippen molar-refractivity contribution in [3.8, 4) is 0 Å². The largest absolute Gasteiger partial charge is 0.335 e. The quantitative estimate of drug-likeness (QED) is 0.723. The molecule has 2 atom stereocenters. The molecule has 3 nitrogen and oxygen atoms in total. The SMILES string of the molecule is CC(CCCCl)(C(=O)N1CCCC1c1cncc(F)c1)C(F)F. The number of nitrogens with zero attached hydrogens (tertiary/aromatic N) is 2. The van der Waals surface area contributed by atoms with E-state index in [1.165, 1.54) is 24.1 Å². The minimum Gasteiger partial charge on any atom is -0.335 e. The molecule has 128 valence electrons. The van der Waals surface area contributed by atoms with Crippen LogP contribution in [0.4, 0.5) is 13.2 Å². The van der Waals surface area contributed by atoms with E-state index in [1.54, 1.807) is 0 Å². The number of hydrogen-bond acceptors (Lipinski definition) is 2. The van der Waals surface area contributed by atoms with Gasteiger partial charge in [0.15, 0.2) is 0 Å². The third-order valence-electron chi connectivity index (χ3n) is 4.42. The zero-order valence-corrected chi connectivity index (χ0v) is 13.7. The summed E-state index contributed by atoms with van der Waals surface area (Å²) in [6.07, 6.45) is 1.47. The first-order chi connectivity index (χ1) is 10.9. The first-order valence-electron chi connectivity index (χ1n) is 7.66. The van der Waals surface area contributed by atoms with E-state index in [1.807, 2.05) is 0 Å². The Bertz CT molecular complexity index is 558. The van der Waals surface area contributed by atoms with Crippen LogP contribution in [0.5, 0.6) is 0 Å². The number of likely N-dealkylation sites (tertiary alicyclic amines) is 1. The summed E-state index contributed by atoms with van der Waals surface area (Å²) in [7, 11) is 0. The molecule has 2 rings (SSSR count). The molecule has 1 amide bonds. The molecule has 0 bridgehead atoms. The van der Waals surface area contributed by atoms with Gasteiger partial charge in [0.2, 0.25) is 5.91 Å². The molecular weight excluding hydrogens is 329 g/mol. The first kappa shape index (κ1) is 18.0. The Balaban J connectivity index is 2.25. The van der Waals surface area contributed by atoms with E-state index in [9.17, 15) is 18.0 Å². The van der Waals surface area contributed by atoms with Crippen LogP contribution in [-0.4, -0.2) is 34.6 Å². The number of aromatic nitrogens is 1. The van der Waals surface area contributed by atoms with E-state index in [4.69, 9.17) is 11.6 Å². The fourth-order valence-corrected chi connectivity index (χ4v) is 3.17. The summed E-state index contributed by atoms with van der Waals surface area (Å²) in [5, 5.41) is 0. The monoisotopic (exact) mass is 348 g/mol. The van der Waals surface area contributed by atoms with Crippen molar-refractivity contribution in [1.29, 1.82) is 0 Å². The van der Waals surface area contributed by atoms with Gasteiger partial charge >= 0.3 is 0 Å². The third kappa shape index (κ3) is 3.79. The van der Waals surface area contributed by atoms with E-state index in [-0.39, 0.29) is 12.3 Å². The second-order valence-electron chi connectivity index (χ2n) is 6.10. The highest BCUT2D eigenvalue weighted by Crippen LogP contribution is 2.40. The molecule has 7 heteroatoms. The highest BCUT2D eigenvalue weighted by molar-refractivity contribution is 6.17. The smallest absolute Gasteiger partial charge is 0.252 e. The third-order valence-corrected chi connectivity index (χ3v) is 4.69. The van der Waals surface area contributed by atoms with Crippen molar-refractivity contribution in [2.75, 3.05) is 12.4 Å². The lowest BCUT2D eigenvalue weighted by atomic mass is 9.84. The Morgan fingerprint density at radius 1 is 1.52 bits per heavy atom. The number of carbonyl (C=O) groups is 1. The maximum Gasteiger partial charge on any atom is 0.252 e. The summed E-state index contributed by atoms with van der Waals surface area (Å²) in [4.78, 5) is 18.0. The Morgan fingerprint density at radius 2 is 2.26 bits per heavy atom. The van der Waals surface area contributed by atoms with Gasteiger partial charge in [-0.3, -0.25) is 9.78 Å². The topological polar surface area (TPSA) is 33.2 Å². The highest BCUT2D eigenvalue weighted by atomic mass is 35.5. The molecule has 1 aliphatic heterocycles. The number of hydrogen-bond donors (Lipinski definition) is 0. The van der Waals surface area contributed by atoms with Gasteiger partial charge in [0.05, 0.1) is 12.2 Å². The fourth-order valence-electron chi connectivity index (χ4n) is 3.04. The highest BCUT2D eigenvalue weighted by Gasteiger charge is 2.47. The summed E-state index contributed by atoms with van der Waals surface area (Å²) in [5.74, 6) is -0.864. The molecule has 1 aromatic rings. The van der Waals surface area contributed by atoms with Gasteiger partial charge in [-0.1, -0.05) is 0 Å². The summed E-state index contributed by atoms with van der Waals surface area (Å²) in [6, 6.07) is 0.904. The van der Waals surface area contributed by atoms with Crippen LogP contribution in [0.3, 0.4) is 0 Å². The van der Waals surface area contributed by atoms with Crippen molar-refractivity contribution < 1.29 is 18.0 Å². The summed E-state index contributed by atoms with van der Waals surface area (Å²) in [6.45, 7) is 1.68. The molecule has 0 N–H and O–H groups in total. The number of carbonyl (C=O) groups excluding carboxylic acids is 1. The molecule has 1 aliphatic rings. The maximum absolute atomic E-state index is 13.5. The van der Waals surface area contributed by atoms with Crippen LogP contribution < -0.4 is 0 Å². The van der Waals surface area contributed by atoms with E-state index >= 15 is 0 Å². The van der Waals surface area contributed by atoms with Crippen molar-refractivity contribution in [2.45, 2.75) is 45.1 Å². The molecule has 2 unspecified atom stereocenters. The van der Waals surface area contributed by atoms with Gasteiger partial charge in [-0.15, -0.1) is 11.6 Å². The number of rotatable bonds is 6. The fraction of sp³-hybridized carbons (Fsp3) is 0.625. The maximum atomic E-state index is 13.5. The summed E-state index contributed by atoms with van der Waals surface area (Å²) < 4.78 is 40.5. The second kappa shape index (κ2) is 7.51. The molecule has 0 spiro atoms. The lowest BCUT2D eigenvalue weighted by Gasteiger charge is -2.35. The molecule has 0 saturated carbocycles. The van der Waals surface area contributed by atoms with E-state index in [0.717, 1.165) is 6.20 Å². The Kier molecular flexibility index (Phi) is 5.89. The lowest BCUT2D eigenvalue weighted by molar-refractivity contribution is -0.152. The van der Waals surface area contributed by atoms with Gasteiger partial charge in [-0.05, 0) is 44.2 Å². The Labute approximate surface area is 138 Å². The average Bonchev–Trinajstić information content (AvgIpc) is 3.01. The Morgan fingerprint density at radius 3 is 2.87 bits per heavy atom. The molecule has 1 aromatic heterocycles. The zero-order valence-electron chi connectivity index (χ0n) is 12.9. The van der Waals surface area contributed by atoms with Crippen molar-refractivity contribution in [3.63, 3.8) is 0 Å². The van der Waals surface area contributed by atoms with Crippen LogP contribution in [0.15, 0.2) is 18.5 Å². The van der Waals surface area contributed by atoms with Crippen LogP contribution in [-0.2, 0) is 4.79 Å². The van der Waals surface area contributed by atoms with E-state index in [0.29, 0.717) is 31.4 Å². The van der Waals surface area contributed by atoms with E-state index in [2.05, 4.69) is 4.98 Å². The van der Waals surface area contributed by atoms with Crippen molar-refractivity contribution in [1.82, 2.24) is 9.88 Å². The van der Waals surface area contributed by atoms with Crippen LogP contribution in [0.25, 0.3) is 0 Å². The molecule has 1 fully saturated rings. The Hall–Kier alpha value is -1.30. The van der Waals surface area contributed by atoms with Gasteiger partial charge in [-0.25, -0.2) is 13.2 Å². The standard InChI is InChI=1S/C16H20ClF3N2O/c1-16(14(19)20,5-3-6-17)15(23)22-7-2-4-13(22)11-8-12(18)10-21-9-11/h8-10,13-14H,2-7H2,1H3. The minimum absolute atomic E-state index is 0.0254. The van der Waals surface area contributed by atoms with Crippen molar-refractivity contribution in [3.05, 3.63) is 29.8 Å².